The van der Waals surface area contributed by atoms with E-state index in [1.807, 2.05) is 0 Å². The van der Waals surface area contributed by atoms with E-state index in [0.29, 0.717) is 29.6 Å². The Kier molecular flexibility index (Phi) is 5.77. The van der Waals surface area contributed by atoms with Crippen LogP contribution in [0.5, 0.6) is 5.75 Å². The fraction of sp³-hybridized carbons (Fsp3) is 0.562. The number of fused-ring (bicyclic) bond motifs is 1. The van der Waals surface area contributed by atoms with Crippen molar-refractivity contribution in [2.45, 2.75) is 38.8 Å². The maximum atomic E-state index is 14.5. The molecule has 1 aromatic heterocycles. The van der Waals surface area contributed by atoms with E-state index in [4.69, 9.17) is 9.47 Å². The number of rotatable bonds is 8. The van der Waals surface area contributed by atoms with Crippen molar-refractivity contribution in [2.24, 2.45) is 0 Å². The zero-order chi connectivity index (χ0) is 17.0. The summed E-state index contributed by atoms with van der Waals surface area (Å²) < 4.78 is 26.9. The molecule has 0 aliphatic rings. The first-order chi connectivity index (χ1) is 10.9. The molecular formula is C16H25FN2O3Si. The monoisotopic (exact) mass is 340 g/mol. The summed E-state index contributed by atoms with van der Waals surface area (Å²) in [4.78, 5) is 0. The fourth-order valence-electron chi connectivity index (χ4n) is 2.35. The van der Waals surface area contributed by atoms with Crippen molar-refractivity contribution >= 4 is 19.0 Å². The minimum absolute atomic E-state index is 0.0841. The van der Waals surface area contributed by atoms with Crippen molar-refractivity contribution in [2.75, 3.05) is 20.3 Å². The Hall–Kier alpha value is -1.44. The van der Waals surface area contributed by atoms with Gasteiger partial charge < -0.3 is 14.6 Å². The largest absolute Gasteiger partial charge is 0.494 e. The summed E-state index contributed by atoms with van der Waals surface area (Å²) in [7, 11) is 0.288. The molecule has 0 amide bonds. The number of ether oxygens (including phenoxy) is 2. The van der Waals surface area contributed by atoms with E-state index in [1.54, 1.807) is 16.8 Å². The molecule has 7 heteroatoms. The van der Waals surface area contributed by atoms with E-state index < -0.39 is 13.9 Å². The second kappa shape index (κ2) is 7.42. The SMILES string of the molecule is COc1ccc2c(c(CCO)nn2COCC[Si](C)(C)C)c1F. The van der Waals surface area contributed by atoms with Gasteiger partial charge in [0.25, 0.3) is 0 Å². The quantitative estimate of drug-likeness (QED) is 0.593. The van der Waals surface area contributed by atoms with E-state index in [9.17, 15) is 9.50 Å². The van der Waals surface area contributed by atoms with Crippen molar-refractivity contribution in [3.05, 3.63) is 23.6 Å². The van der Waals surface area contributed by atoms with Crippen LogP contribution >= 0.6 is 0 Å². The summed E-state index contributed by atoms with van der Waals surface area (Å²) in [6.07, 6.45) is 0.294. The van der Waals surface area contributed by atoms with Crippen molar-refractivity contribution < 1.29 is 19.0 Å². The minimum atomic E-state index is -1.14. The summed E-state index contributed by atoms with van der Waals surface area (Å²) in [5.41, 5.74) is 1.17. The number of hydrogen-bond donors (Lipinski definition) is 1. The first-order valence-corrected chi connectivity index (χ1v) is 11.5. The summed E-state index contributed by atoms with van der Waals surface area (Å²) in [5, 5.41) is 14.0. The molecule has 128 valence electrons. The van der Waals surface area contributed by atoms with Gasteiger partial charge in [-0.15, -0.1) is 0 Å². The molecule has 1 aromatic carbocycles. The van der Waals surface area contributed by atoms with Crippen LogP contribution in [0, 0.1) is 5.82 Å². The zero-order valence-corrected chi connectivity index (χ0v) is 15.2. The number of benzene rings is 1. The first-order valence-electron chi connectivity index (χ1n) is 7.78. The lowest BCUT2D eigenvalue weighted by Crippen LogP contribution is -2.22. The highest BCUT2D eigenvalue weighted by molar-refractivity contribution is 6.76. The van der Waals surface area contributed by atoms with Gasteiger partial charge in [-0.3, -0.25) is 0 Å². The molecule has 0 unspecified atom stereocenters. The van der Waals surface area contributed by atoms with E-state index in [-0.39, 0.29) is 19.1 Å². The molecule has 23 heavy (non-hydrogen) atoms. The van der Waals surface area contributed by atoms with Gasteiger partial charge in [-0.2, -0.15) is 5.10 Å². The highest BCUT2D eigenvalue weighted by Crippen LogP contribution is 2.29. The molecule has 0 aliphatic carbocycles. The molecule has 0 saturated heterocycles. The molecule has 0 atom stereocenters. The van der Waals surface area contributed by atoms with E-state index in [1.165, 1.54) is 7.11 Å². The second-order valence-electron chi connectivity index (χ2n) is 6.74. The van der Waals surface area contributed by atoms with Gasteiger partial charge in [0.15, 0.2) is 11.6 Å². The maximum Gasteiger partial charge on any atom is 0.176 e. The molecule has 1 heterocycles. The van der Waals surface area contributed by atoms with Crippen molar-refractivity contribution in [1.29, 1.82) is 0 Å². The standard InChI is InChI=1S/C16H25FN2O3Si/c1-21-14-6-5-13-15(16(14)17)12(7-8-20)18-19(13)11-22-9-10-23(2,3)4/h5-6,20H,7-11H2,1-4H3. The highest BCUT2D eigenvalue weighted by Gasteiger charge is 2.18. The van der Waals surface area contributed by atoms with Gasteiger partial charge in [0.1, 0.15) is 6.73 Å². The molecule has 0 spiro atoms. The van der Waals surface area contributed by atoms with Crippen molar-refractivity contribution in [1.82, 2.24) is 9.78 Å². The first kappa shape index (κ1) is 17.9. The summed E-state index contributed by atoms with van der Waals surface area (Å²) >= 11 is 0. The third kappa shape index (κ3) is 4.30. The predicted molar refractivity (Wildman–Crippen MR) is 91.1 cm³/mol. The summed E-state index contributed by atoms with van der Waals surface area (Å²) in [6.45, 7) is 7.74. The molecule has 2 aromatic rings. The van der Waals surface area contributed by atoms with Crippen LogP contribution in [0.4, 0.5) is 4.39 Å². The summed E-state index contributed by atoms with van der Waals surface area (Å²) in [5.74, 6) is -0.266. The van der Waals surface area contributed by atoms with E-state index in [2.05, 4.69) is 24.7 Å². The van der Waals surface area contributed by atoms with Crippen LogP contribution in [-0.4, -0.2) is 43.3 Å². The summed E-state index contributed by atoms with van der Waals surface area (Å²) in [6, 6.07) is 4.42. The molecule has 5 nitrogen and oxygen atoms in total. The Balaban J connectivity index is 2.25. The molecule has 0 radical (unpaired) electrons. The van der Waals surface area contributed by atoms with E-state index >= 15 is 0 Å². The Morgan fingerprint density at radius 1 is 1.30 bits per heavy atom. The fourth-order valence-corrected chi connectivity index (χ4v) is 3.11. The van der Waals surface area contributed by atoms with Gasteiger partial charge in [-0.25, -0.2) is 9.07 Å². The van der Waals surface area contributed by atoms with Crippen molar-refractivity contribution in [3.8, 4) is 5.75 Å². The zero-order valence-electron chi connectivity index (χ0n) is 14.2. The van der Waals surface area contributed by atoms with Crippen LogP contribution in [0.3, 0.4) is 0 Å². The maximum absolute atomic E-state index is 14.5. The lowest BCUT2D eigenvalue weighted by Gasteiger charge is -2.15. The van der Waals surface area contributed by atoms with E-state index in [0.717, 1.165) is 6.04 Å². The van der Waals surface area contributed by atoms with Crippen LogP contribution < -0.4 is 4.74 Å². The van der Waals surface area contributed by atoms with Gasteiger partial charge in [-0.05, 0) is 18.2 Å². The number of aliphatic hydroxyl groups excluding tert-OH is 1. The van der Waals surface area contributed by atoms with Gasteiger partial charge in [0, 0.05) is 27.7 Å². The van der Waals surface area contributed by atoms with Crippen LogP contribution in [0.25, 0.3) is 10.9 Å². The Bertz CT molecular complexity index is 667. The lowest BCUT2D eigenvalue weighted by molar-refractivity contribution is 0.0813. The average Bonchev–Trinajstić information content (AvgIpc) is 2.82. The van der Waals surface area contributed by atoms with Gasteiger partial charge >= 0.3 is 0 Å². The molecular weight excluding hydrogens is 315 g/mol. The van der Waals surface area contributed by atoms with Crippen LogP contribution in [-0.2, 0) is 17.9 Å². The number of aliphatic hydroxyl groups is 1. The Morgan fingerprint density at radius 2 is 2.04 bits per heavy atom. The molecule has 0 bridgehead atoms. The van der Waals surface area contributed by atoms with Crippen LogP contribution in [0.15, 0.2) is 12.1 Å². The number of nitrogens with zero attached hydrogens (tertiary/aromatic N) is 2. The highest BCUT2D eigenvalue weighted by atomic mass is 28.3. The molecule has 0 saturated carbocycles. The van der Waals surface area contributed by atoms with Crippen LogP contribution in [0.1, 0.15) is 5.69 Å². The van der Waals surface area contributed by atoms with Gasteiger partial charge in [0.05, 0.1) is 23.7 Å². The number of hydrogen-bond acceptors (Lipinski definition) is 4. The molecule has 0 aliphatic heterocycles. The molecule has 2 rings (SSSR count). The third-order valence-corrected chi connectivity index (χ3v) is 5.38. The normalized spacial score (nSPS) is 12.1. The van der Waals surface area contributed by atoms with Crippen LogP contribution in [0.2, 0.25) is 25.7 Å². The minimum Gasteiger partial charge on any atom is -0.494 e. The van der Waals surface area contributed by atoms with Crippen molar-refractivity contribution in [3.63, 3.8) is 0 Å². The number of halogens is 1. The Morgan fingerprint density at radius 3 is 2.65 bits per heavy atom. The Labute approximate surface area is 137 Å². The topological polar surface area (TPSA) is 56.5 Å². The van der Waals surface area contributed by atoms with Gasteiger partial charge in [0.2, 0.25) is 0 Å². The smallest absolute Gasteiger partial charge is 0.176 e. The van der Waals surface area contributed by atoms with Gasteiger partial charge in [-0.1, -0.05) is 19.6 Å². The number of aromatic nitrogens is 2. The second-order valence-corrected chi connectivity index (χ2v) is 12.4. The lowest BCUT2D eigenvalue weighted by atomic mass is 10.1. The predicted octanol–water partition coefficient (Wildman–Crippen LogP) is 3.03. The molecule has 1 N–H and O–H groups in total. The average molecular weight is 340 g/mol. The number of methoxy groups -OCH3 is 1. The third-order valence-electron chi connectivity index (χ3n) is 3.67. The molecule has 0 fully saturated rings.